The molecule has 0 heterocycles. The summed E-state index contributed by atoms with van der Waals surface area (Å²) in [5.74, 6) is 1.38. The minimum absolute atomic E-state index is 0.00331. The first-order valence-electron chi connectivity index (χ1n) is 8.38. The third-order valence-corrected chi connectivity index (χ3v) is 4.27. The fraction of sp³-hybridized carbons (Fsp3) is 0.941. The number of hydrogen-bond donors (Lipinski definition) is 0. The number of rotatable bonds is 10. The van der Waals surface area contributed by atoms with Crippen LogP contribution in [-0.4, -0.2) is 52.2 Å². The molecule has 0 amide bonds. The molecule has 5 heteroatoms. The highest BCUT2D eigenvalue weighted by atomic mass is 16.6. The normalized spacial score (nSPS) is 25.4. The van der Waals surface area contributed by atoms with Crippen molar-refractivity contribution in [3.8, 4) is 0 Å². The second-order valence-electron chi connectivity index (χ2n) is 6.51. The molecule has 0 spiro atoms. The van der Waals surface area contributed by atoms with E-state index in [1.807, 2.05) is 0 Å². The molecular formula is C17H32O5. The van der Waals surface area contributed by atoms with E-state index in [9.17, 15) is 4.79 Å². The van der Waals surface area contributed by atoms with Gasteiger partial charge in [0.25, 0.3) is 0 Å². The molecule has 0 aromatic rings. The van der Waals surface area contributed by atoms with Gasteiger partial charge in [-0.3, -0.25) is 0 Å². The summed E-state index contributed by atoms with van der Waals surface area (Å²) < 4.78 is 21.1. The van der Waals surface area contributed by atoms with Gasteiger partial charge in [0.15, 0.2) is 0 Å². The molecule has 1 saturated carbocycles. The van der Waals surface area contributed by atoms with E-state index in [0.29, 0.717) is 44.2 Å². The molecule has 0 aromatic carbocycles. The molecule has 22 heavy (non-hydrogen) atoms. The van der Waals surface area contributed by atoms with Crippen LogP contribution in [0.3, 0.4) is 0 Å². The first kappa shape index (κ1) is 19.4. The van der Waals surface area contributed by atoms with Gasteiger partial charge in [-0.05, 0) is 30.6 Å². The topological polar surface area (TPSA) is 54.0 Å². The first-order chi connectivity index (χ1) is 10.5. The van der Waals surface area contributed by atoms with Crippen LogP contribution in [0, 0.1) is 17.8 Å². The van der Waals surface area contributed by atoms with Gasteiger partial charge < -0.3 is 18.9 Å². The van der Waals surface area contributed by atoms with Crippen LogP contribution in [0.1, 0.15) is 40.0 Å². The maximum absolute atomic E-state index is 11.9. The van der Waals surface area contributed by atoms with Crippen LogP contribution in [0.5, 0.6) is 0 Å². The van der Waals surface area contributed by atoms with Crippen molar-refractivity contribution in [3.05, 3.63) is 0 Å². The molecule has 0 radical (unpaired) electrons. The number of carbonyl (C=O) groups is 1. The summed E-state index contributed by atoms with van der Waals surface area (Å²) in [4.78, 5) is 11.9. The SMILES string of the molecule is COCCOCCOCC(=O)OC1C[C@H](C)CCC1C(C)C. The maximum Gasteiger partial charge on any atom is 0.332 e. The third kappa shape index (κ3) is 7.56. The summed E-state index contributed by atoms with van der Waals surface area (Å²) >= 11 is 0. The zero-order valence-electron chi connectivity index (χ0n) is 14.5. The van der Waals surface area contributed by atoms with Crippen molar-refractivity contribution in [2.75, 3.05) is 40.1 Å². The Morgan fingerprint density at radius 3 is 2.45 bits per heavy atom. The molecular weight excluding hydrogens is 284 g/mol. The van der Waals surface area contributed by atoms with E-state index in [2.05, 4.69) is 20.8 Å². The molecule has 2 unspecified atom stereocenters. The lowest BCUT2D eigenvalue weighted by Gasteiger charge is -2.36. The predicted molar refractivity (Wildman–Crippen MR) is 84.7 cm³/mol. The molecule has 130 valence electrons. The Balaban J connectivity index is 2.19. The zero-order chi connectivity index (χ0) is 16.4. The molecule has 1 aliphatic carbocycles. The summed E-state index contributed by atoms with van der Waals surface area (Å²) in [6.07, 6.45) is 3.38. The second kappa shape index (κ2) is 11.0. The Morgan fingerprint density at radius 2 is 1.77 bits per heavy atom. The van der Waals surface area contributed by atoms with Gasteiger partial charge in [0.2, 0.25) is 0 Å². The van der Waals surface area contributed by atoms with Gasteiger partial charge >= 0.3 is 5.97 Å². The number of hydrogen-bond acceptors (Lipinski definition) is 5. The van der Waals surface area contributed by atoms with Gasteiger partial charge in [-0.2, -0.15) is 0 Å². The Kier molecular flexibility index (Phi) is 9.68. The van der Waals surface area contributed by atoms with Crippen molar-refractivity contribution in [1.82, 2.24) is 0 Å². The number of ether oxygens (including phenoxy) is 4. The Hall–Kier alpha value is -0.650. The number of methoxy groups -OCH3 is 1. The molecule has 0 N–H and O–H groups in total. The first-order valence-corrected chi connectivity index (χ1v) is 8.38. The van der Waals surface area contributed by atoms with Crippen LogP contribution < -0.4 is 0 Å². The highest BCUT2D eigenvalue weighted by Crippen LogP contribution is 2.35. The molecule has 5 nitrogen and oxygen atoms in total. The van der Waals surface area contributed by atoms with Crippen LogP contribution in [0.15, 0.2) is 0 Å². The van der Waals surface area contributed by atoms with E-state index in [0.717, 1.165) is 12.8 Å². The zero-order valence-corrected chi connectivity index (χ0v) is 14.5. The second-order valence-corrected chi connectivity index (χ2v) is 6.51. The summed E-state index contributed by atoms with van der Waals surface area (Å²) in [6.45, 7) is 8.61. The lowest BCUT2D eigenvalue weighted by molar-refractivity contribution is -0.161. The smallest absolute Gasteiger partial charge is 0.332 e. The van der Waals surface area contributed by atoms with Crippen LogP contribution in [-0.2, 0) is 23.7 Å². The van der Waals surface area contributed by atoms with Gasteiger partial charge in [0.05, 0.1) is 26.4 Å². The molecule has 3 atom stereocenters. The molecule has 0 aliphatic heterocycles. The van der Waals surface area contributed by atoms with Crippen LogP contribution >= 0.6 is 0 Å². The minimum Gasteiger partial charge on any atom is -0.460 e. The molecule has 1 rings (SSSR count). The molecule has 1 fully saturated rings. The Labute approximate surface area is 134 Å². The molecule has 0 bridgehead atoms. The van der Waals surface area contributed by atoms with E-state index in [-0.39, 0.29) is 18.7 Å². The van der Waals surface area contributed by atoms with E-state index < -0.39 is 0 Å². The fourth-order valence-electron chi connectivity index (χ4n) is 2.97. The fourth-order valence-corrected chi connectivity index (χ4v) is 2.97. The summed E-state index contributed by atoms with van der Waals surface area (Å²) in [5, 5.41) is 0. The maximum atomic E-state index is 11.9. The highest BCUT2D eigenvalue weighted by molar-refractivity contribution is 5.70. The van der Waals surface area contributed by atoms with Gasteiger partial charge in [-0.15, -0.1) is 0 Å². The van der Waals surface area contributed by atoms with Gasteiger partial charge in [0, 0.05) is 7.11 Å². The lowest BCUT2D eigenvalue weighted by Crippen LogP contribution is -2.36. The van der Waals surface area contributed by atoms with Crippen molar-refractivity contribution < 1.29 is 23.7 Å². The predicted octanol–water partition coefficient (Wildman–Crippen LogP) is 2.67. The molecule has 0 saturated heterocycles. The van der Waals surface area contributed by atoms with Crippen molar-refractivity contribution in [1.29, 1.82) is 0 Å². The van der Waals surface area contributed by atoms with Crippen LogP contribution in [0.2, 0.25) is 0 Å². The van der Waals surface area contributed by atoms with Crippen LogP contribution in [0.4, 0.5) is 0 Å². The highest BCUT2D eigenvalue weighted by Gasteiger charge is 2.33. The average Bonchev–Trinajstić information content (AvgIpc) is 2.46. The number of esters is 1. The lowest BCUT2D eigenvalue weighted by atomic mass is 9.75. The van der Waals surface area contributed by atoms with E-state index in [1.165, 1.54) is 6.42 Å². The standard InChI is InChI=1S/C17H32O5/c1-13(2)15-6-5-14(3)11-16(15)22-17(18)12-21-10-9-20-8-7-19-4/h13-16H,5-12H2,1-4H3/t14-,15?,16?/m1/s1. The molecule has 1 aliphatic rings. The largest absolute Gasteiger partial charge is 0.460 e. The van der Waals surface area contributed by atoms with Gasteiger partial charge in [0.1, 0.15) is 12.7 Å². The molecule has 0 aromatic heterocycles. The van der Waals surface area contributed by atoms with E-state index in [4.69, 9.17) is 18.9 Å². The number of carbonyl (C=O) groups excluding carboxylic acids is 1. The monoisotopic (exact) mass is 316 g/mol. The minimum atomic E-state index is -0.262. The summed E-state index contributed by atoms with van der Waals surface area (Å²) in [7, 11) is 1.63. The average molecular weight is 316 g/mol. The van der Waals surface area contributed by atoms with Crippen LogP contribution in [0.25, 0.3) is 0 Å². The van der Waals surface area contributed by atoms with Gasteiger partial charge in [-0.1, -0.05) is 27.2 Å². The van der Waals surface area contributed by atoms with Crippen molar-refractivity contribution in [2.45, 2.75) is 46.1 Å². The summed E-state index contributed by atoms with van der Waals surface area (Å²) in [6, 6.07) is 0. The van der Waals surface area contributed by atoms with E-state index in [1.54, 1.807) is 7.11 Å². The van der Waals surface area contributed by atoms with Crippen molar-refractivity contribution in [2.24, 2.45) is 17.8 Å². The van der Waals surface area contributed by atoms with Crippen molar-refractivity contribution in [3.63, 3.8) is 0 Å². The van der Waals surface area contributed by atoms with E-state index >= 15 is 0 Å². The van der Waals surface area contributed by atoms with Gasteiger partial charge in [-0.25, -0.2) is 4.79 Å². The Bertz CT molecular complexity index is 305. The summed E-state index contributed by atoms with van der Waals surface area (Å²) in [5.41, 5.74) is 0. The Morgan fingerprint density at radius 1 is 1.09 bits per heavy atom. The quantitative estimate of drug-likeness (QED) is 0.458. The van der Waals surface area contributed by atoms with Crippen molar-refractivity contribution >= 4 is 5.97 Å². The third-order valence-electron chi connectivity index (χ3n) is 4.27.